The van der Waals surface area contributed by atoms with E-state index in [1.807, 2.05) is 0 Å². The van der Waals surface area contributed by atoms with Gasteiger partial charge in [-0.05, 0) is 20.3 Å². The Morgan fingerprint density at radius 3 is 1.71 bits per heavy atom. The largest absolute Gasteiger partial charge is 0.0775 e. The van der Waals surface area contributed by atoms with Crippen LogP contribution < -0.4 is 0 Å². The third kappa shape index (κ3) is 0.738. The normalized spacial score (nSPS) is 19.1. The van der Waals surface area contributed by atoms with Gasteiger partial charge in [0.1, 0.15) is 0 Å². The second-order valence-electron chi connectivity index (χ2n) is 2.01. The molecule has 0 aliphatic heterocycles. The number of allylic oxidation sites excluding steroid dienone is 4. The van der Waals surface area contributed by atoms with E-state index in [1.165, 1.54) is 11.1 Å². The van der Waals surface area contributed by atoms with Gasteiger partial charge in [-0.25, -0.2) is 0 Å². The van der Waals surface area contributed by atoms with Crippen LogP contribution in [0.3, 0.4) is 0 Å². The van der Waals surface area contributed by atoms with Crippen LogP contribution >= 0.6 is 0 Å². The van der Waals surface area contributed by atoms with Crippen molar-refractivity contribution in [1.82, 2.24) is 0 Å². The van der Waals surface area contributed by atoms with E-state index in [1.54, 1.807) is 0 Å². The molecule has 0 heterocycles. The van der Waals surface area contributed by atoms with Crippen molar-refractivity contribution in [3.05, 3.63) is 23.3 Å². The van der Waals surface area contributed by atoms with Gasteiger partial charge < -0.3 is 0 Å². The molecule has 0 aromatic heterocycles. The first kappa shape index (κ1) is 4.63. The molecule has 0 spiro atoms. The summed E-state index contributed by atoms with van der Waals surface area (Å²) in [6, 6.07) is 0. The molecular weight excluding hydrogens is 84.1 g/mol. The summed E-state index contributed by atoms with van der Waals surface area (Å²) >= 11 is 0. The lowest BCUT2D eigenvalue weighted by molar-refractivity contribution is 1.39. The molecule has 0 nitrogen and oxygen atoms in total. The predicted molar refractivity (Wildman–Crippen MR) is 32.1 cm³/mol. The summed E-state index contributed by atoms with van der Waals surface area (Å²) in [5.41, 5.74) is 2.89. The van der Waals surface area contributed by atoms with Gasteiger partial charge in [-0.1, -0.05) is 23.3 Å². The lowest BCUT2D eigenvalue weighted by Crippen LogP contribution is -1.67. The molecule has 0 atom stereocenters. The highest BCUT2D eigenvalue weighted by atomic mass is 14.0. The zero-order valence-electron chi connectivity index (χ0n) is 4.86. The third-order valence-electron chi connectivity index (χ3n) is 1.47. The Morgan fingerprint density at radius 1 is 1.14 bits per heavy atom. The fourth-order valence-electron chi connectivity index (χ4n) is 0.734. The molecular formula is C7H10. The van der Waals surface area contributed by atoms with Gasteiger partial charge in [0.15, 0.2) is 0 Å². The quantitative estimate of drug-likeness (QED) is 0.432. The maximum absolute atomic E-state index is 2.25. The van der Waals surface area contributed by atoms with E-state index < -0.39 is 0 Å². The zero-order valence-corrected chi connectivity index (χ0v) is 4.86. The topological polar surface area (TPSA) is 0 Å². The summed E-state index contributed by atoms with van der Waals surface area (Å²) in [4.78, 5) is 0. The molecule has 0 aromatic rings. The van der Waals surface area contributed by atoms with Crippen LogP contribution in [0.4, 0.5) is 0 Å². The van der Waals surface area contributed by atoms with Gasteiger partial charge in [-0.2, -0.15) is 0 Å². The lowest BCUT2D eigenvalue weighted by atomic mass is 10.2. The van der Waals surface area contributed by atoms with Crippen LogP contribution in [0.15, 0.2) is 23.3 Å². The van der Waals surface area contributed by atoms with Crippen molar-refractivity contribution >= 4 is 0 Å². The van der Waals surface area contributed by atoms with Crippen molar-refractivity contribution in [3.63, 3.8) is 0 Å². The average Bonchev–Trinajstić information content (AvgIpc) is 1.91. The van der Waals surface area contributed by atoms with Crippen LogP contribution in [-0.4, -0.2) is 0 Å². The van der Waals surface area contributed by atoms with Gasteiger partial charge >= 0.3 is 0 Å². The minimum Gasteiger partial charge on any atom is -0.0775 e. The first-order valence-corrected chi connectivity index (χ1v) is 2.64. The molecule has 0 N–H and O–H groups in total. The van der Waals surface area contributed by atoms with Crippen LogP contribution in [0, 0.1) is 0 Å². The SMILES string of the molecule is CC1=CCC=C1C. The van der Waals surface area contributed by atoms with E-state index in [-0.39, 0.29) is 0 Å². The Labute approximate surface area is 44.5 Å². The molecule has 0 fully saturated rings. The van der Waals surface area contributed by atoms with E-state index >= 15 is 0 Å². The maximum Gasteiger partial charge on any atom is -0.0158 e. The Morgan fingerprint density at radius 2 is 1.57 bits per heavy atom. The molecule has 0 unspecified atom stereocenters. The fraction of sp³-hybridized carbons (Fsp3) is 0.429. The molecule has 1 aliphatic rings. The van der Waals surface area contributed by atoms with E-state index in [4.69, 9.17) is 0 Å². The van der Waals surface area contributed by atoms with Crippen LogP contribution in [0.5, 0.6) is 0 Å². The Kier molecular flexibility index (Phi) is 1.01. The Balaban J connectivity index is 2.78. The predicted octanol–water partition coefficient (Wildman–Crippen LogP) is 2.28. The molecule has 0 amide bonds. The Bertz CT molecular complexity index is 111. The van der Waals surface area contributed by atoms with E-state index in [9.17, 15) is 0 Å². The second-order valence-corrected chi connectivity index (χ2v) is 2.01. The minimum atomic E-state index is 1.15. The summed E-state index contributed by atoms with van der Waals surface area (Å²) in [6.45, 7) is 4.30. The van der Waals surface area contributed by atoms with Crippen molar-refractivity contribution in [1.29, 1.82) is 0 Å². The summed E-state index contributed by atoms with van der Waals surface area (Å²) < 4.78 is 0. The highest BCUT2D eigenvalue weighted by molar-refractivity contribution is 5.33. The van der Waals surface area contributed by atoms with Crippen LogP contribution in [0.25, 0.3) is 0 Å². The van der Waals surface area contributed by atoms with Crippen molar-refractivity contribution in [2.24, 2.45) is 0 Å². The van der Waals surface area contributed by atoms with Gasteiger partial charge in [0.25, 0.3) is 0 Å². The first-order chi connectivity index (χ1) is 3.30. The summed E-state index contributed by atoms with van der Waals surface area (Å²) in [7, 11) is 0. The molecule has 7 heavy (non-hydrogen) atoms. The van der Waals surface area contributed by atoms with Crippen molar-refractivity contribution in [2.75, 3.05) is 0 Å². The third-order valence-corrected chi connectivity index (χ3v) is 1.47. The molecule has 1 aliphatic carbocycles. The summed E-state index contributed by atoms with van der Waals surface area (Å²) in [5.74, 6) is 0. The van der Waals surface area contributed by atoms with Crippen LogP contribution in [-0.2, 0) is 0 Å². The minimum absolute atomic E-state index is 1.15. The Hall–Kier alpha value is -0.520. The molecule has 38 valence electrons. The van der Waals surface area contributed by atoms with Gasteiger partial charge in [0, 0.05) is 0 Å². The van der Waals surface area contributed by atoms with E-state index in [0.29, 0.717) is 0 Å². The van der Waals surface area contributed by atoms with Gasteiger partial charge in [-0.3, -0.25) is 0 Å². The lowest BCUT2D eigenvalue weighted by Gasteiger charge is -1.87. The van der Waals surface area contributed by atoms with Crippen molar-refractivity contribution in [2.45, 2.75) is 20.3 Å². The number of rotatable bonds is 0. The van der Waals surface area contributed by atoms with E-state index in [0.717, 1.165) is 6.42 Å². The highest BCUT2D eigenvalue weighted by Crippen LogP contribution is 2.16. The van der Waals surface area contributed by atoms with E-state index in [2.05, 4.69) is 26.0 Å². The standard InChI is InChI=1S/C7H10/c1-6-4-3-5-7(6)2/h4-5H,3H2,1-2H3. The molecule has 0 heteroatoms. The molecule has 0 aromatic carbocycles. The van der Waals surface area contributed by atoms with Crippen LogP contribution in [0.1, 0.15) is 20.3 Å². The summed E-state index contributed by atoms with van der Waals surface area (Å²) in [5, 5.41) is 0. The van der Waals surface area contributed by atoms with Crippen LogP contribution in [0.2, 0.25) is 0 Å². The monoisotopic (exact) mass is 94.1 g/mol. The number of hydrogen-bond acceptors (Lipinski definition) is 0. The van der Waals surface area contributed by atoms with Gasteiger partial charge in [0.2, 0.25) is 0 Å². The number of hydrogen-bond donors (Lipinski definition) is 0. The summed E-state index contributed by atoms with van der Waals surface area (Å²) in [6.07, 6.45) is 5.64. The molecule has 0 bridgehead atoms. The highest BCUT2D eigenvalue weighted by Gasteiger charge is 1.95. The van der Waals surface area contributed by atoms with Gasteiger partial charge in [-0.15, -0.1) is 0 Å². The molecule has 0 saturated heterocycles. The van der Waals surface area contributed by atoms with Gasteiger partial charge in [0.05, 0.1) is 0 Å². The zero-order chi connectivity index (χ0) is 5.28. The molecule has 0 saturated carbocycles. The fourth-order valence-corrected chi connectivity index (χ4v) is 0.734. The molecule has 1 rings (SSSR count). The van der Waals surface area contributed by atoms with Crippen molar-refractivity contribution in [3.8, 4) is 0 Å². The van der Waals surface area contributed by atoms with Crippen molar-refractivity contribution < 1.29 is 0 Å². The average molecular weight is 94.2 g/mol. The second kappa shape index (κ2) is 1.53. The smallest absolute Gasteiger partial charge is 0.0158 e. The first-order valence-electron chi connectivity index (χ1n) is 2.64. The molecule has 0 radical (unpaired) electrons. The maximum atomic E-state index is 2.25.